The van der Waals surface area contributed by atoms with Gasteiger partial charge in [-0.1, -0.05) is 42.5 Å². The largest absolute Gasteiger partial charge is 0.345 e. The normalized spacial score (nSPS) is 16.2. The second kappa shape index (κ2) is 3.80. The molecule has 0 spiro atoms. The zero-order chi connectivity index (χ0) is 12.8. The molecule has 0 saturated carbocycles. The number of imidazole rings is 1. The van der Waals surface area contributed by atoms with Gasteiger partial charge in [-0.2, -0.15) is 0 Å². The second-order valence-corrected chi connectivity index (χ2v) is 4.77. The number of rotatable bonds is 1. The van der Waals surface area contributed by atoms with Crippen LogP contribution in [0.15, 0.2) is 54.9 Å². The van der Waals surface area contributed by atoms with Crippen LogP contribution >= 0.6 is 0 Å². The summed E-state index contributed by atoms with van der Waals surface area (Å²) < 4.78 is 0. The molecule has 0 radical (unpaired) electrons. The lowest BCUT2D eigenvalue weighted by Gasteiger charge is -2.08. The van der Waals surface area contributed by atoms with Gasteiger partial charge in [0.15, 0.2) is 0 Å². The van der Waals surface area contributed by atoms with Crippen LogP contribution in [0.25, 0.3) is 22.5 Å². The summed E-state index contributed by atoms with van der Waals surface area (Å²) in [6.45, 7) is 0. The van der Waals surface area contributed by atoms with E-state index in [4.69, 9.17) is 5.73 Å². The molecule has 0 fully saturated rings. The Morgan fingerprint density at radius 2 is 1.74 bits per heavy atom. The molecule has 3 N–H and O–H groups in total. The number of fused-ring (bicyclic) bond motifs is 3. The number of hydrogen-bond donors (Lipinski definition) is 2. The van der Waals surface area contributed by atoms with E-state index in [9.17, 15) is 0 Å². The van der Waals surface area contributed by atoms with Crippen molar-refractivity contribution in [1.29, 1.82) is 0 Å². The van der Waals surface area contributed by atoms with Crippen molar-refractivity contribution in [2.45, 2.75) is 6.04 Å². The Bertz CT molecular complexity index is 744. The van der Waals surface area contributed by atoms with E-state index >= 15 is 0 Å². The minimum absolute atomic E-state index is 0.0406. The molecule has 3 nitrogen and oxygen atoms in total. The highest BCUT2D eigenvalue weighted by Crippen LogP contribution is 2.46. The standard InChI is InChI=1S/C16H13N3/c17-15-11-5-2-1-4-10(11)14-12(15)6-3-7-13(14)16-18-8-9-19-16/h1-9,15H,17H2,(H,18,19). The van der Waals surface area contributed by atoms with Gasteiger partial charge in [-0.05, 0) is 22.3 Å². The minimum Gasteiger partial charge on any atom is -0.345 e. The fourth-order valence-electron chi connectivity index (χ4n) is 2.90. The number of nitrogens with zero attached hydrogens (tertiary/aromatic N) is 1. The Balaban J connectivity index is 2.06. The minimum atomic E-state index is -0.0406. The van der Waals surface area contributed by atoms with Crippen LogP contribution in [-0.2, 0) is 0 Å². The first-order valence-electron chi connectivity index (χ1n) is 6.34. The summed E-state index contributed by atoms with van der Waals surface area (Å²) >= 11 is 0. The first-order chi connectivity index (χ1) is 9.36. The van der Waals surface area contributed by atoms with Crippen molar-refractivity contribution in [2.24, 2.45) is 5.73 Å². The first kappa shape index (κ1) is 10.5. The lowest BCUT2D eigenvalue weighted by atomic mass is 9.99. The van der Waals surface area contributed by atoms with Gasteiger partial charge in [-0.3, -0.25) is 0 Å². The predicted molar refractivity (Wildman–Crippen MR) is 75.5 cm³/mol. The van der Waals surface area contributed by atoms with E-state index in [2.05, 4.69) is 40.3 Å². The van der Waals surface area contributed by atoms with Gasteiger partial charge in [-0.25, -0.2) is 4.98 Å². The molecule has 3 heteroatoms. The van der Waals surface area contributed by atoms with E-state index in [-0.39, 0.29) is 6.04 Å². The summed E-state index contributed by atoms with van der Waals surface area (Å²) in [6, 6.07) is 14.5. The summed E-state index contributed by atoms with van der Waals surface area (Å²) in [5.41, 5.74) is 12.3. The highest BCUT2D eigenvalue weighted by molar-refractivity contribution is 5.89. The van der Waals surface area contributed by atoms with E-state index in [0.717, 1.165) is 11.4 Å². The average Bonchev–Trinajstić information content (AvgIpc) is 3.08. The van der Waals surface area contributed by atoms with Crippen LogP contribution in [0, 0.1) is 0 Å². The van der Waals surface area contributed by atoms with Crippen molar-refractivity contribution < 1.29 is 0 Å². The van der Waals surface area contributed by atoms with E-state index < -0.39 is 0 Å². The van der Waals surface area contributed by atoms with E-state index in [0.29, 0.717) is 0 Å². The smallest absolute Gasteiger partial charge is 0.137 e. The molecular formula is C16H13N3. The van der Waals surface area contributed by atoms with Crippen LogP contribution in [0.2, 0.25) is 0 Å². The Morgan fingerprint density at radius 1 is 0.947 bits per heavy atom. The third-order valence-electron chi connectivity index (χ3n) is 3.75. The number of nitrogens with two attached hydrogens (primary N) is 1. The highest BCUT2D eigenvalue weighted by atomic mass is 14.9. The Labute approximate surface area is 111 Å². The highest BCUT2D eigenvalue weighted by Gasteiger charge is 2.28. The third kappa shape index (κ3) is 1.39. The number of aromatic nitrogens is 2. The zero-order valence-corrected chi connectivity index (χ0v) is 10.3. The van der Waals surface area contributed by atoms with E-state index in [1.54, 1.807) is 6.20 Å². The van der Waals surface area contributed by atoms with E-state index in [1.165, 1.54) is 22.3 Å². The quantitative estimate of drug-likeness (QED) is 0.694. The monoisotopic (exact) mass is 247 g/mol. The lowest BCUT2D eigenvalue weighted by Crippen LogP contribution is -2.07. The molecule has 4 rings (SSSR count). The van der Waals surface area contributed by atoms with Crippen molar-refractivity contribution in [2.75, 3.05) is 0 Å². The van der Waals surface area contributed by atoms with Gasteiger partial charge in [0, 0.05) is 18.0 Å². The van der Waals surface area contributed by atoms with Gasteiger partial charge in [-0.15, -0.1) is 0 Å². The molecule has 1 atom stereocenters. The van der Waals surface area contributed by atoms with Crippen LogP contribution in [0.1, 0.15) is 17.2 Å². The second-order valence-electron chi connectivity index (χ2n) is 4.77. The molecule has 2 aromatic carbocycles. The summed E-state index contributed by atoms with van der Waals surface area (Å²) in [7, 11) is 0. The van der Waals surface area contributed by atoms with Gasteiger partial charge in [0.2, 0.25) is 0 Å². The van der Waals surface area contributed by atoms with Crippen molar-refractivity contribution in [3.8, 4) is 22.5 Å². The van der Waals surface area contributed by atoms with E-state index in [1.807, 2.05) is 18.3 Å². The first-order valence-corrected chi connectivity index (χ1v) is 6.34. The Morgan fingerprint density at radius 3 is 2.58 bits per heavy atom. The fourth-order valence-corrected chi connectivity index (χ4v) is 2.90. The van der Waals surface area contributed by atoms with Crippen LogP contribution < -0.4 is 5.73 Å². The van der Waals surface area contributed by atoms with Gasteiger partial charge in [0.1, 0.15) is 5.82 Å². The molecule has 0 saturated heterocycles. The fraction of sp³-hybridized carbons (Fsp3) is 0.0625. The molecule has 92 valence electrons. The topological polar surface area (TPSA) is 54.7 Å². The predicted octanol–water partition coefficient (Wildman–Crippen LogP) is 3.11. The number of H-pyrrole nitrogens is 1. The van der Waals surface area contributed by atoms with Gasteiger partial charge >= 0.3 is 0 Å². The summed E-state index contributed by atoms with van der Waals surface area (Å²) in [5, 5.41) is 0. The molecule has 0 bridgehead atoms. The summed E-state index contributed by atoms with van der Waals surface area (Å²) in [5.74, 6) is 0.890. The Kier molecular flexibility index (Phi) is 2.11. The van der Waals surface area contributed by atoms with Gasteiger partial charge in [0.05, 0.1) is 6.04 Å². The number of hydrogen-bond acceptors (Lipinski definition) is 2. The van der Waals surface area contributed by atoms with Crippen molar-refractivity contribution in [1.82, 2.24) is 9.97 Å². The number of nitrogens with one attached hydrogen (secondary N) is 1. The van der Waals surface area contributed by atoms with Gasteiger partial charge < -0.3 is 10.7 Å². The molecule has 1 aliphatic carbocycles. The molecule has 1 unspecified atom stereocenters. The molecule has 1 aliphatic rings. The molecule has 19 heavy (non-hydrogen) atoms. The lowest BCUT2D eigenvalue weighted by molar-refractivity contribution is 0.901. The maximum atomic E-state index is 6.35. The maximum Gasteiger partial charge on any atom is 0.137 e. The SMILES string of the molecule is NC1c2ccccc2-c2c(-c3ncc[nH]3)cccc21. The third-order valence-corrected chi connectivity index (χ3v) is 3.75. The van der Waals surface area contributed by atoms with Crippen LogP contribution in [0.5, 0.6) is 0 Å². The van der Waals surface area contributed by atoms with Crippen LogP contribution in [-0.4, -0.2) is 9.97 Å². The number of aromatic amines is 1. The summed E-state index contributed by atoms with van der Waals surface area (Å²) in [6.07, 6.45) is 3.62. The van der Waals surface area contributed by atoms with Gasteiger partial charge in [0.25, 0.3) is 0 Å². The molecule has 1 heterocycles. The van der Waals surface area contributed by atoms with Crippen LogP contribution in [0.4, 0.5) is 0 Å². The molecule has 0 amide bonds. The average molecular weight is 247 g/mol. The molecule has 3 aromatic rings. The molecule has 1 aromatic heterocycles. The number of benzene rings is 2. The van der Waals surface area contributed by atoms with Crippen molar-refractivity contribution in [3.05, 3.63) is 66.0 Å². The Hall–Kier alpha value is -2.39. The maximum absolute atomic E-state index is 6.35. The van der Waals surface area contributed by atoms with Crippen LogP contribution in [0.3, 0.4) is 0 Å². The molecular weight excluding hydrogens is 234 g/mol. The molecule has 0 aliphatic heterocycles. The van der Waals surface area contributed by atoms with Crippen molar-refractivity contribution >= 4 is 0 Å². The van der Waals surface area contributed by atoms with Crippen molar-refractivity contribution in [3.63, 3.8) is 0 Å². The summed E-state index contributed by atoms with van der Waals surface area (Å²) in [4.78, 5) is 7.54. The zero-order valence-electron chi connectivity index (χ0n) is 10.3.